The topological polar surface area (TPSA) is 70.0 Å². The van der Waals surface area contributed by atoms with Gasteiger partial charge in [0, 0.05) is 5.02 Å². The normalized spacial score (nSPS) is 21.6. The minimum Gasteiger partial charge on any atom is -0.343 e. The summed E-state index contributed by atoms with van der Waals surface area (Å²) in [7, 11) is 0. The molecular weight excluding hydrogens is 252 g/mol. The van der Waals surface area contributed by atoms with E-state index in [-0.39, 0.29) is 16.7 Å². The van der Waals surface area contributed by atoms with Crippen molar-refractivity contribution in [3.05, 3.63) is 34.3 Å². The van der Waals surface area contributed by atoms with Crippen molar-refractivity contribution in [1.29, 1.82) is 5.26 Å². The van der Waals surface area contributed by atoms with Crippen molar-refractivity contribution < 1.29 is 9.59 Å². The molecule has 0 aliphatic carbocycles. The molecule has 1 heterocycles. The summed E-state index contributed by atoms with van der Waals surface area (Å²) in [6, 6.07) is 6.52. The van der Waals surface area contributed by atoms with E-state index in [1.54, 1.807) is 26.0 Å². The zero-order valence-electron chi connectivity index (χ0n) is 9.95. The number of hydrogen-bond donors (Lipinski definition) is 1. The lowest BCUT2D eigenvalue weighted by Crippen LogP contribution is -2.39. The summed E-state index contributed by atoms with van der Waals surface area (Å²) in [5.41, 5.74) is -0.0310. The molecule has 1 fully saturated rings. The number of nitriles is 1. The van der Waals surface area contributed by atoms with E-state index in [2.05, 4.69) is 5.32 Å². The number of nitrogens with one attached hydrogen (secondary N) is 1. The van der Waals surface area contributed by atoms with Crippen LogP contribution in [-0.4, -0.2) is 17.2 Å². The van der Waals surface area contributed by atoms with Gasteiger partial charge in [-0.1, -0.05) is 17.7 Å². The smallest absolute Gasteiger partial charge is 0.236 e. The molecule has 1 aliphatic heterocycles. The monoisotopic (exact) mass is 262 g/mol. The standard InChI is InChI=1S/C13H11ClN2O2/c1-13(2)11(17)10(12(18)16-13)8-4-3-7(6-15)5-9(8)14/h3-5,10H,1-2H3,(H,16,18). The Hall–Kier alpha value is -1.86. The maximum Gasteiger partial charge on any atom is 0.236 e. The highest BCUT2D eigenvalue weighted by Gasteiger charge is 2.47. The predicted octanol–water partition coefficient (Wildman–Crippen LogP) is 1.77. The summed E-state index contributed by atoms with van der Waals surface area (Å²) in [5, 5.41) is 11.6. The zero-order chi connectivity index (χ0) is 13.5. The number of nitrogens with zero attached hydrogens (tertiary/aromatic N) is 1. The summed E-state index contributed by atoms with van der Waals surface area (Å²) in [4.78, 5) is 24.0. The number of carbonyl (C=O) groups excluding carboxylic acids is 2. The van der Waals surface area contributed by atoms with Gasteiger partial charge in [-0.3, -0.25) is 9.59 Å². The van der Waals surface area contributed by atoms with Crippen molar-refractivity contribution in [3.63, 3.8) is 0 Å². The first-order chi connectivity index (χ1) is 8.36. The molecule has 1 atom stereocenters. The molecule has 4 nitrogen and oxygen atoms in total. The average Bonchev–Trinajstić information content (AvgIpc) is 2.49. The van der Waals surface area contributed by atoms with Gasteiger partial charge >= 0.3 is 0 Å². The first-order valence-electron chi connectivity index (χ1n) is 5.42. The molecule has 92 valence electrons. The first-order valence-corrected chi connectivity index (χ1v) is 5.80. The maximum absolute atomic E-state index is 12.1. The van der Waals surface area contributed by atoms with Crippen LogP contribution in [0.15, 0.2) is 18.2 Å². The maximum atomic E-state index is 12.1. The fraction of sp³-hybridized carbons (Fsp3) is 0.308. The van der Waals surface area contributed by atoms with Gasteiger partial charge in [-0.25, -0.2) is 0 Å². The minimum absolute atomic E-state index is 0.209. The van der Waals surface area contributed by atoms with Gasteiger partial charge in [0.15, 0.2) is 5.78 Å². The van der Waals surface area contributed by atoms with Gasteiger partial charge in [-0.2, -0.15) is 5.26 Å². The van der Waals surface area contributed by atoms with Crippen molar-refractivity contribution >= 4 is 23.3 Å². The largest absolute Gasteiger partial charge is 0.343 e. The number of carbonyl (C=O) groups is 2. The predicted molar refractivity (Wildman–Crippen MR) is 66.1 cm³/mol. The molecule has 18 heavy (non-hydrogen) atoms. The number of amides is 1. The van der Waals surface area contributed by atoms with Crippen molar-refractivity contribution in [2.45, 2.75) is 25.3 Å². The van der Waals surface area contributed by atoms with E-state index in [4.69, 9.17) is 16.9 Å². The van der Waals surface area contributed by atoms with E-state index in [0.29, 0.717) is 11.1 Å². The molecule has 1 amide bonds. The van der Waals surface area contributed by atoms with Crippen LogP contribution in [0.1, 0.15) is 30.9 Å². The summed E-state index contributed by atoms with van der Waals surface area (Å²) in [5.74, 6) is -1.45. The first kappa shape index (κ1) is 12.6. The quantitative estimate of drug-likeness (QED) is 0.784. The second kappa shape index (κ2) is 4.11. The van der Waals surface area contributed by atoms with Gasteiger partial charge in [-0.15, -0.1) is 0 Å². The Balaban J connectivity index is 2.48. The lowest BCUT2D eigenvalue weighted by atomic mass is 9.89. The van der Waals surface area contributed by atoms with Crippen LogP contribution < -0.4 is 5.32 Å². The molecule has 5 heteroatoms. The number of hydrogen-bond acceptors (Lipinski definition) is 3. The van der Waals surface area contributed by atoms with E-state index in [9.17, 15) is 9.59 Å². The van der Waals surface area contributed by atoms with Gasteiger partial charge in [0.1, 0.15) is 5.92 Å². The molecule has 0 spiro atoms. The Morgan fingerprint density at radius 2 is 2.06 bits per heavy atom. The molecule has 2 rings (SSSR count). The number of benzene rings is 1. The van der Waals surface area contributed by atoms with Gasteiger partial charge in [0.25, 0.3) is 0 Å². The fourth-order valence-electron chi connectivity index (χ4n) is 2.03. The summed E-state index contributed by atoms with van der Waals surface area (Å²) >= 11 is 6.03. The van der Waals surface area contributed by atoms with Gasteiger partial charge in [0.2, 0.25) is 5.91 Å². The molecule has 0 bridgehead atoms. The van der Waals surface area contributed by atoms with Crippen LogP contribution in [0.5, 0.6) is 0 Å². The molecule has 1 saturated heterocycles. The van der Waals surface area contributed by atoms with Crippen molar-refractivity contribution in [3.8, 4) is 6.07 Å². The van der Waals surface area contributed by atoms with Crippen LogP contribution in [0.25, 0.3) is 0 Å². The third-order valence-corrected chi connectivity index (χ3v) is 3.34. The van der Waals surface area contributed by atoms with E-state index in [1.807, 2.05) is 6.07 Å². The summed E-state index contributed by atoms with van der Waals surface area (Å²) in [6.45, 7) is 3.32. The highest BCUT2D eigenvalue weighted by molar-refractivity contribution is 6.32. The molecule has 0 saturated carbocycles. The number of ketones is 1. The van der Waals surface area contributed by atoms with E-state index >= 15 is 0 Å². The Bertz CT molecular complexity index is 587. The Kier molecular flexibility index (Phi) is 2.88. The molecule has 1 N–H and O–H groups in total. The van der Waals surface area contributed by atoms with Crippen molar-refractivity contribution in [2.24, 2.45) is 0 Å². The summed E-state index contributed by atoms with van der Waals surface area (Å²) in [6.07, 6.45) is 0. The molecular formula is C13H11ClN2O2. The molecule has 0 aromatic heterocycles. The Labute approximate surface area is 110 Å². The molecule has 1 unspecified atom stereocenters. The molecule has 1 aliphatic rings. The second-order valence-electron chi connectivity index (χ2n) is 4.76. The SMILES string of the molecule is CC1(C)NC(=O)C(c2ccc(C#N)cc2Cl)C1=O. The number of rotatable bonds is 1. The van der Waals surface area contributed by atoms with Crippen molar-refractivity contribution in [1.82, 2.24) is 5.32 Å². The minimum atomic E-state index is -0.889. The van der Waals surface area contributed by atoms with Crippen LogP contribution in [-0.2, 0) is 9.59 Å². The summed E-state index contributed by atoms with van der Waals surface area (Å²) < 4.78 is 0. The number of halogens is 1. The third-order valence-electron chi connectivity index (χ3n) is 3.02. The lowest BCUT2D eigenvalue weighted by Gasteiger charge is -2.15. The fourth-order valence-corrected chi connectivity index (χ4v) is 2.32. The second-order valence-corrected chi connectivity index (χ2v) is 5.17. The van der Waals surface area contributed by atoms with Gasteiger partial charge in [-0.05, 0) is 31.5 Å². The average molecular weight is 263 g/mol. The molecule has 1 aromatic carbocycles. The van der Waals surface area contributed by atoms with Gasteiger partial charge < -0.3 is 5.32 Å². The van der Waals surface area contributed by atoms with E-state index in [1.165, 1.54) is 6.07 Å². The molecule has 1 aromatic rings. The Morgan fingerprint density at radius 3 is 2.50 bits per heavy atom. The third kappa shape index (κ3) is 1.87. The van der Waals surface area contributed by atoms with E-state index < -0.39 is 11.5 Å². The lowest BCUT2D eigenvalue weighted by molar-refractivity contribution is -0.125. The molecule has 0 radical (unpaired) electrons. The van der Waals surface area contributed by atoms with E-state index in [0.717, 1.165) is 0 Å². The van der Waals surface area contributed by atoms with Gasteiger partial charge in [0.05, 0.1) is 17.2 Å². The van der Waals surface area contributed by atoms with Crippen LogP contribution in [0.4, 0.5) is 0 Å². The van der Waals surface area contributed by atoms with Crippen LogP contribution >= 0.6 is 11.6 Å². The van der Waals surface area contributed by atoms with Crippen LogP contribution in [0.2, 0.25) is 5.02 Å². The Morgan fingerprint density at radius 1 is 1.39 bits per heavy atom. The highest BCUT2D eigenvalue weighted by atomic mass is 35.5. The van der Waals surface area contributed by atoms with Crippen molar-refractivity contribution in [2.75, 3.05) is 0 Å². The zero-order valence-corrected chi connectivity index (χ0v) is 10.7. The highest BCUT2D eigenvalue weighted by Crippen LogP contribution is 2.33. The number of Topliss-reactive ketones (excluding diaryl/α,β-unsaturated/α-hetero) is 1. The van der Waals surface area contributed by atoms with Crippen LogP contribution in [0, 0.1) is 11.3 Å². The van der Waals surface area contributed by atoms with Crippen LogP contribution in [0.3, 0.4) is 0 Å².